The number of benzene rings is 1. The van der Waals surface area contributed by atoms with E-state index in [1.165, 1.54) is 12.5 Å². The molecule has 0 bridgehead atoms. The molecule has 1 saturated carbocycles. The Hall–Kier alpha value is -1.81. The molecule has 0 aliphatic heterocycles. The van der Waals surface area contributed by atoms with Crippen molar-refractivity contribution in [2.45, 2.75) is 38.6 Å². The van der Waals surface area contributed by atoms with E-state index in [0.29, 0.717) is 10.9 Å². The molecule has 1 aliphatic rings. The van der Waals surface area contributed by atoms with Crippen LogP contribution in [-0.4, -0.2) is 24.5 Å². The van der Waals surface area contributed by atoms with E-state index < -0.39 is 5.97 Å². The Bertz CT molecular complexity index is 585. The molecule has 1 fully saturated rings. The van der Waals surface area contributed by atoms with Gasteiger partial charge in [0.1, 0.15) is 0 Å². The Kier molecular flexibility index (Phi) is 6.66. The van der Waals surface area contributed by atoms with Crippen LogP contribution < -0.4 is 5.32 Å². The van der Waals surface area contributed by atoms with Crippen LogP contribution in [0.1, 0.15) is 38.2 Å². The van der Waals surface area contributed by atoms with Crippen molar-refractivity contribution >= 4 is 29.6 Å². The normalized spacial score (nSPS) is 21.1. The van der Waals surface area contributed by atoms with E-state index in [1.807, 2.05) is 6.07 Å². The Labute approximate surface area is 141 Å². The molecule has 4 nitrogen and oxygen atoms in total. The van der Waals surface area contributed by atoms with Crippen molar-refractivity contribution in [2.75, 3.05) is 6.61 Å². The third-order valence-corrected chi connectivity index (χ3v) is 4.30. The Balaban J connectivity index is 1.74. The third kappa shape index (κ3) is 6.06. The van der Waals surface area contributed by atoms with Crippen LogP contribution >= 0.6 is 11.6 Å². The maximum absolute atomic E-state index is 11.9. The van der Waals surface area contributed by atoms with E-state index in [1.54, 1.807) is 24.3 Å². The summed E-state index contributed by atoms with van der Waals surface area (Å²) in [6.07, 6.45) is 7.38. The molecule has 0 aromatic heterocycles. The first-order valence-electron chi connectivity index (χ1n) is 7.94. The number of hydrogen-bond acceptors (Lipinski definition) is 3. The number of carbonyl (C=O) groups excluding carboxylic acids is 2. The number of halogens is 1. The molecule has 0 unspecified atom stereocenters. The summed E-state index contributed by atoms with van der Waals surface area (Å²) in [6, 6.07) is 7.31. The minimum atomic E-state index is -0.545. The maximum Gasteiger partial charge on any atom is 0.331 e. The monoisotopic (exact) mass is 335 g/mol. The van der Waals surface area contributed by atoms with Crippen LogP contribution in [0.5, 0.6) is 0 Å². The van der Waals surface area contributed by atoms with Crippen molar-refractivity contribution in [3.8, 4) is 0 Å². The van der Waals surface area contributed by atoms with E-state index in [9.17, 15) is 9.59 Å². The van der Waals surface area contributed by atoms with Crippen LogP contribution in [0.3, 0.4) is 0 Å². The van der Waals surface area contributed by atoms with E-state index in [0.717, 1.165) is 24.8 Å². The summed E-state index contributed by atoms with van der Waals surface area (Å²) in [5.74, 6) is -0.309. The van der Waals surface area contributed by atoms with Crippen LogP contribution in [0.2, 0.25) is 5.02 Å². The summed E-state index contributed by atoms with van der Waals surface area (Å²) in [5.41, 5.74) is 0.801. The SMILES string of the molecule is C[C@H]1CCCC[C@H]1NC(=O)COC(=O)/C=C/c1cccc(Cl)c1. The summed E-state index contributed by atoms with van der Waals surface area (Å²) in [6.45, 7) is 1.89. The van der Waals surface area contributed by atoms with Gasteiger partial charge in [0.15, 0.2) is 6.61 Å². The largest absolute Gasteiger partial charge is 0.452 e. The van der Waals surface area contributed by atoms with Gasteiger partial charge in [-0.15, -0.1) is 0 Å². The van der Waals surface area contributed by atoms with E-state index >= 15 is 0 Å². The summed E-state index contributed by atoms with van der Waals surface area (Å²) in [7, 11) is 0. The highest BCUT2D eigenvalue weighted by atomic mass is 35.5. The number of nitrogens with one attached hydrogen (secondary N) is 1. The molecule has 1 aromatic carbocycles. The molecule has 1 N–H and O–H groups in total. The first-order chi connectivity index (χ1) is 11.0. The predicted octanol–water partition coefficient (Wildman–Crippen LogP) is 3.59. The zero-order chi connectivity index (χ0) is 16.7. The van der Waals surface area contributed by atoms with Gasteiger partial charge in [0.2, 0.25) is 0 Å². The standard InChI is InChI=1S/C18H22ClNO3/c1-13-5-2-3-8-16(13)20-17(21)12-23-18(22)10-9-14-6-4-7-15(19)11-14/h4,6-7,9-11,13,16H,2-3,5,8,12H2,1H3,(H,20,21)/b10-9+/t13-,16+/m0/s1. The zero-order valence-corrected chi connectivity index (χ0v) is 14.0. The van der Waals surface area contributed by atoms with Crippen molar-refractivity contribution in [3.05, 3.63) is 40.9 Å². The summed E-state index contributed by atoms with van der Waals surface area (Å²) in [4.78, 5) is 23.5. The number of rotatable bonds is 5. The molecule has 124 valence electrons. The lowest BCUT2D eigenvalue weighted by atomic mass is 9.86. The molecular formula is C18H22ClNO3. The maximum atomic E-state index is 11.9. The highest BCUT2D eigenvalue weighted by Gasteiger charge is 2.22. The smallest absolute Gasteiger partial charge is 0.331 e. The predicted molar refractivity (Wildman–Crippen MR) is 91.0 cm³/mol. The van der Waals surface area contributed by atoms with Gasteiger partial charge in [0.25, 0.3) is 5.91 Å². The minimum Gasteiger partial charge on any atom is -0.452 e. The Morgan fingerprint density at radius 1 is 1.35 bits per heavy atom. The first-order valence-corrected chi connectivity index (χ1v) is 8.32. The molecule has 2 rings (SSSR count). The molecule has 1 amide bonds. The van der Waals surface area contributed by atoms with Crippen LogP contribution in [0.4, 0.5) is 0 Å². The average molecular weight is 336 g/mol. The number of ether oxygens (including phenoxy) is 1. The average Bonchev–Trinajstić information content (AvgIpc) is 2.53. The number of hydrogen-bond donors (Lipinski definition) is 1. The fourth-order valence-corrected chi connectivity index (χ4v) is 2.94. The molecule has 23 heavy (non-hydrogen) atoms. The van der Waals surface area contributed by atoms with Crippen molar-refractivity contribution in [1.82, 2.24) is 5.32 Å². The second-order valence-corrected chi connectivity index (χ2v) is 6.37. The van der Waals surface area contributed by atoms with Crippen molar-refractivity contribution in [2.24, 2.45) is 5.92 Å². The van der Waals surface area contributed by atoms with Crippen LogP contribution in [0, 0.1) is 5.92 Å². The zero-order valence-electron chi connectivity index (χ0n) is 13.3. The molecule has 0 heterocycles. The highest BCUT2D eigenvalue weighted by molar-refractivity contribution is 6.30. The van der Waals surface area contributed by atoms with Gasteiger partial charge in [-0.05, 0) is 42.5 Å². The lowest BCUT2D eigenvalue weighted by molar-refractivity contribution is -0.144. The Morgan fingerprint density at radius 3 is 2.87 bits per heavy atom. The highest BCUT2D eigenvalue weighted by Crippen LogP contribution is 2.23. The molecule has 1 aromatic rings. The van der Waals surface area contributed by atoms with Gasteiger partial charge in [-0.1, -0.05) is 43.5 Å². The summed E-state index contributed by atoms with van der Waals surface area (Å²) in [5, 5.41) is 3.55. The van der Waals surface area contributed by atoms with Gasteiger partial charge in [-0.2, -0.15) is 0 Å². The minimum absolute atomic E-state index is 0.192. The molecule has 1 aliphatic carbocycles. The van der Waals surface area contributed by atoms with Gasteiger partial charge >= 0.3 is 5.97 Å². The topological polar surface area (TPSA) is 55.4 Å². The quantitative estimate of drug-likeness (QED) is 0.661. The number of amides is 1. The van der Waals surface area contributed by atoms with Crippen LogP contribution in [-0.2, 0) is 14.3 Å². The van der Waals surface area contributed by atoms with Gasteiger partial charge in [-0.25, -0.2) is 4.79 Å². The fourth-order valence-electron chi connectivity index (χ4n) is 2.74. The summed E-state index contributed by atoms with van der Waals surface area (Å²) < 4.78 is 4.96. The molecule has 0 radical (unpaired) electrons. The lowest BCUT2D eigenvalue weighted by Crippen LogP contribution is -2.42. The molecule has 2 atom stereocenters. The first kappa shape index (κ1) is 17.5. The van der Waals surface area contributed by atoms with Gasteiger partial charge in [0.05, 0.1) is 0 Å². The van der Waals surface area contributed by atoms with Crippen molar-refractivity contribution in [1.29, 1.82) is 0 Å². The Morgan fingerprint density at radius 2 is 2.13 bits per heavy atom. The summed E-state index contributed by atoms with van der Waals surface area (Å²) >= 11 is 5.86. The van der Waals surface area contributed by atoms with Crippen LogP contribution in [0.25, 0.3) is 6.08 Å². The third-order valence-electron chi connectivity index (χ3n) is 4.06. The molecule has 5 heteroatoms. The second kappa shape index (κ2) is 8.73. The lowest BCUT2D eigenvalue weighted by Gasteiger charge is -2.29. The van der Waals surface area contributed by atoms with E-state index in [2.05, 4.69) is 12.2 Å². The molecule has 0 spiro atoms. The van der Waals surface area contributed by atoms with E-state index in [-0.39, 0.29) is 18.6 Å². The van der Waals surface area contributed by atoms with Crippen molar-refractivity contribution < 1.29 is 14.3 Å². The fraction of sp³-hybridized carbons (Fsp3) is 0.444. The molecular weight excluding hydrogens is 314 g/mol. The van der Waals surface area contributed by atoms with E-state index in [4.69, 9.17) is 16.3 Å². The van der Waals surface area contributed by atoms with Gasteiger partial charge in [-0.3, -0.25) is 4.79 Å². The number of carbonyl (C=O) groups is 2. The van der Waals surface area contributed by atoms with Gasteiger partial charge < -0.3 is 10.1 Å². The van der Waals surface area contributed by atoms with Crippen LogP contribution in [0.15, 0.2) is 30.3 Å². The second-order valence-electron chi connectivity index (χ2n) is 5.93. The van der Waals surface area contributed by atoms with Gasteiger partial charge in [0, 0.05) is 17.1 Å². The number of esters is 1. The van der Waals surface area contributed by atoms with Crippen molar-refractivity contribution in [3.63, 3.8) is 0 Å². The molecule has 0 saturated heterocycles.